The third-order valence-electron chi connectivity index (χ3n) is 0.414. The van der Waals surface area contributed by atoms with Crippen LogP contribution in [0.2, 0.25) is 0 Å². The number of allylic oxidation sites excluding steroid dienone is 2. The fraction of sp³-hybridized carbons (Fsp3) is 0.250. The molecule has 0 aliphatic rings. The number of halogens is 4. The van der Waals surface area contributed by atoms with E-state index in [1.807, 2.05) is 0 Å². The first-order chi connectivity index (χ1) is 3.95. The Morgan fingerprint density at radius 3 is 1.89 bits per heavy atom. The minimum atomic E-state index is -4.75. The minimum Gasteiger partial charge on any atom is -0.295 e. The standard InChI is InChI=1S/C4H2F4O/c5-3(2-9)1-4(6,7)8/h1-2H. The summed E-state index contributed by atoms with van der Waals surface area (Å²) in [6, 6.07) is 0. The van der Waals surface area contributed by atoms with E-state index in [1.54, 1.807) is 0 Å². The Morgan fingerprint density at radius 1 is 1.33 bits per heavy atom. The van der Waals surface area contributed by atoms with Crippen molar-refractivity contribution in [3.63, 3.8) is 0 Å². The molecule has 0 atom stereocenters. The summed E-state index contributed by atoms with van der Waals surface area (Å²) in [6.07, 6.45) is -5.96. The monoisotopic (exact) mass is 142 g/mol. The molecule has 0 amide bonds. The Balaban J connectivity index is 4.11. The van der Waals surface area contributed by atoms with E-state index in [0.717, 1.165) is 0 Å². The zero-order valence-corrected chi connectivity index (χ0v) is 4.07. The molecule has 0 saturated heterocycles. The molecule has 0 aromatic carbocycles. The largest absolute Gasteiger partial charge is 0.412 e. The molecule has 0 aromatic heterocycles. The van der Waals surface area contributed by atoms with Gasteiger partial charge in [-0.1, -0.05) is 0 Å². The molecule has 0 aliphatic carbocycles. The van der Waals surface area contributed by atoms with Crippen molar-refractivity contribution in [2.45, 2.75) is 6.18 Å². The van der Waals surface area contributed by atoms with Gasteiger partial charge in [0.05, 0.1) is 6.08 Å². The van der Waals surface area contributed by atoms with Crippen molar-refractivity contribution in [1.82, 2.24) is 0 Å². The summed E-state index contributed by atoms with van der Waals surface area (Å²) in [5.41, 5.74) is 0. The molecule has 0 rings (SSSR count). The van der Waals surface area contributed by atoms with Crippen molar-refractivity contribution in [1.29, 1.82) is 0 Å². The van der Waals surface area contributed by atoms with E-state index < -0.39 is 24.4 Å². The molecule has 5 heteroatoms. The lowest BCUT2D eigenvalue weighted by Gasteiger charge is -1.94. The topological polar surface area (TPSA) is 17.1 Å². The molecular weight excluding hydrogens is 140 g/mol. The highest BCUT2D eigenvalue weighted by Crippen LogP contribution is 2.17. The summed E-state index contributed by atoms with van der Waals surface area (Å²) in [5, 5.41) is 0. The Kier molecular flexibility index (Phi) is 2.36. The number of carbonyl (C=O) groups is 1. The van der Waals surface area contributed by atoms with Crippen LogP contribution < -0.4 is 0 Å². The van der Waals surface area contributed by atoms with E-state index >= 15 is 0 Å². The summed E-state index contributed by atoms with van der Waals surface area (Å²) in [5.74, 6) is -1.82. The van der Waals surface area contributed by atoms with Crippen LogP contribution in [0.3, 0.4) is 0 Å². The van der Waals surface area contributed by atoms with Gasteiger partial charge in [-0.15, -0.1) is 0 Å². The molecule has 52 valence electrons. The van der Waals surface area contributed by atoms with Crippen LogP contribution >= 0.6 is 0 Å². The maximum Gasteiger partial charge on any atom is 0.412 e. The van der Waals surface area contributed by atoms with Crippen LogP contribution in [-0.2, 0) is 4.79 Å². The van der Waals surface area contributed by atoms with Crippen LogP contribution in [0.1, 0.15) is 0 Å². The second-order valence-electron chi connectivity index (χ2n) is 1.19. The fourth-order valence-electron chi connectivity index (χ4n) is 0.190. The number of carbonyl (C=O) groups excluding carboxylic acids is 1. The lowest BCUT2D eigenvalue weighted by Crippen LogP contribution is -2.02. The highest BCUT2D eigenvalue weighted by Gasteiger charge is 2.24. The van der Waals surface area contributed by atoms with Gasteiger partial charge >= 0.3 is 6.18 Å². The van der Waals surface area contributed by atoms with Crippen molar-refractivity contribution in [3.8, 4) is 0 Å². The molecule has 0 spiro atoms. The summed E-state index contributed by atoms with van der Waals surface area (Å²) in [4.78, 5) is 9.24. The van der Waals surface area contributed by atoms with Gasteiger partial charge in [-0.3, -0.25) is 4.79 Å². The van der Waals surface area contributed by atoms with Gasteiger partial charge in [0, 0.05) is 0 Å². The molecule has 0 saturated carbocycles. The Bertz CT molecular complexity index is 134. The number of rotatable bonds is 1. The van der Waals surface area contributed by atoms with Gasteiger partial charge in [0.15, 0.2) is 12.1 Å². The normalized spacial score (nSPS) is 13.6. The van der Waals surface area contributed by atoms with Crippen molar-refractivity contribution in [2.24, 2.45) is 0 Å². The Morgan fingerprint density at radius 2 is 1.78 bits per heavy atom. The maximum atomic E-state index is 11.4. The first-order valence-corrected chi connectivity index (χ1v) is 1.86. The van der Waals surface area contributed by atoms with Crippen LogP contribution in [-0.4, -0.2) is 12.5 Å². The SMILES string of the molecule is O=CC(F)=CC(F)(F)F. The Hall–Kier alpha value is -0.870. The maximum absolute atomic E-state index is 11.4. The molecule has 0 aliphatic heterocycles. The molecule has 0 unspecified atom stereocenters. The van der Waals surface area contributed by atoms with Gasteiger partial charge in [-0.25, -0.2) is 4.39 Å². The van der Waals surface area contributed by atoms with Crippen molar-refractivity contribution >= 4 is 6.29 Å². The van der Waals surface area contributed by atoms with Gasteiger partial charge in [-0.2, -0.15) is 13.2 Å². The second kappa shape index (κ2) is 2.61. The van der Waals surface area contributed by atoms with Crippen LogP contribution in [0, 0.1) is 0 Å². The van der Waals surface area contributed by atoms with Crippen molar-refractivity contribution < 1.29 is 22.4 Å². The predicted octanol–water partition coefficient (Wildman–Crippen LogP) is 1.60. The summed E-state index contributed by atoms with van der Waals surface area (Å²) in [7, 11) is 0. The van der Waals surface area contributed by atoms with E-state index in [2.05, 4.69) is 0 Å². The van der Waals surface area contributed by atoms with Crippen molar-refractivity contribution in [3.05, 3.63) is 11.9 Å². The van der Waals surface area contributed by atoms with Gasteiger partial charge in [-0.05, 0) is 0 Å². The first kappa shape index (κ1) is 8.13. The molecule has 0 N–H and O–H groups in total. The third-order valence-corrected chi connectivity index (χ3v) is 0.414. The third kappa shape index (κ3) is 4.99. The number of hydrogen-bond acceptors (Lipinski definition) is 1. The van der Waals surface area contributed by atoms with E-state index in [4.69, 9.17) is 0 Å². The highest BCUT2D eigenvalue weighted by atomic mass is 19.4. The molecule has 9 heavy (non-hydrogen) atoms. The van der Waals surface area contributed by atoms with Gasteiger partial charge in [0.25, 0.3) is 0 Å². The summed E-state index contributed by atoms with van der Waals surface area (Å²) >= 11 is 0. The van der Waals surface area contributed by atoms with E-state index in [-0.39, 0.29) is 0 Å². The molecular formula is C4H2F4O. The summed E-state index contributed by atoms with van der Waals surface area (Å²) < 4.78 is 44.5. The van der Waals surface area contributed by atoms with Gasteiger partial charge in [0.1, 0.15) is 0 Å². The van der Waals surface area contributed by atoms with Crippen LogP contribution in [0.4, 0.5) is 17.6 Å². The molecule has 0 fully saturated rings. The quantitative estimate of drug-likeness (QED) is 0.308. The molecule has 0 radical (unpaired) electrons. The lowest BCUT2D eigenvalue weighted by molar-refractivity contribution is -0.107. The van der Waals surface area contributed by atoms with Gasteiger partial charge < -0.3 is 0 Å². The molecule has 0 heterocycles. The predicted molar refractivity (Wildman–Crippen MR) is 21.3 cm³/mol. The number of hydrogen-bond donors (Lipinski definition) is 0. The van der Waals surface area contributed by atoms with E-state index in [0.29, 0.717) is 0 Å². The van der Waals surface area contributed by atoms with E-state index in [1.165, 1.54) is 0 Å². The Labute approximate surface area is 48.0 Å². The summed E-state index contributed by atoms with van der Waals surface area (Å²) in [6.45, 7) is 0. The average molecular weight is 142 g/mol. The zero-order valence-electron chi connectivity index (χ0n) is 4.07. The average Bonchev–Trinajstić information content (AvgIpc) is 1.62. The minimum absolute atomic E-state index is 0.506. The van der Waals surface area contributed by atoms with Gasteiger partial charge in [0.2, 0.25) is 0 Å². The molecule has 0 bridgehead atoms. The fourth-order valence-corrected chi connectivity index (χ4v) is 0.190. The van der Waals surface area contributed by atoms with Crippen LogP contribution in [0.5, 0.6) is 0 Å². The second-order valence-corrected chi connectivity index (χ2v) is 1.19. The van der Waals surface area contributed by atoms with E-state index in [9.17, 15) is 22.4 Å². The highest BCUT2D eigenvalue weighted by molar-refractivity contribution is 5.69. The zero-order chi connectivity index (χ0) is 7.49. The number of aldehydes is 1. The van der Waals surface area contributed by atoms with Crippen LogP contribution in [0.25, 0.3) is 0 Å². The lowest BCUT2D eigenvalue weighted by atomic mass is 10.5. The first-order valence-electron chi connectivity index (χ1n) is 1.86. The molecule has 0 aromatic rings. The number of alkyl halides is 3. The molecule has 1 nitrogen and oxygen atoms in total. The smallest absolute Gasteiger partial charge is 0.295 e. The van der Waals surface area contributed by atoms with Crippen LogP contribution in [0.15, 0.2) is 11.9 Å². The van der Waals surface area contributed by atoms with Crippen molar-refractivity contribution in [2.75, 3.05) is 0 Å².